The van der Waals surface area contributed by atoms with Crippen molar-refractivity contribution in [1.82, 2.24) is 4.57 Å². The maximum absolute atomic E-state index is 13.7. The van der Waals surface area contributed by atoms with Crippen LogP contribution < -0.4 is 0 Å². The molecule has 0 aliphatic rings. The zero-order valence-corrected chi connectivity index (χ0v) is 8.92. The van der Waals surface area contributed by atoms with E-state index >= 15 is 0 Å². The minimum Gasteiger partial charge on any atom is -0.318 e. The quantitative estimate of drug-likeness (QED) is 0.354. The van der Waals surface area contributed by atoms with Crippen molar-refractivity contribution in [3.8, 4) is 5.69 Å². The van der Waals surface area contributed by atoms with Gasteiger partial charge in [-0.2, -0.15) is 0 Å². The Morgan fingerprint density at radius 3 is 2.50 bits per heavy atom. The van der Waals surface area contributed by atoms with Crippen molar-refractivity contribution >= 4 is 12.0 Å². The van der Waals surface area contributed by atoms with Crippen molar-refractivity contribution in [2.45, 2.75) is 0 Å². The van der Waals surface area contributed by atoms with Crippen molar-refractivity contribution in [3.05, 3.63) is 58.2 Å². The van der Waals surface area contributed by atoms with E-state index in [1.165, 1.54) is 18.5 Å². The molecular weight excluding hydrogens is 242 g/mol. The second-order valence-electron chi connectivity index (χ2n) is 3.42. The first-order valence-corrected chi connectivity index (χ1v) is 4.83. The van der Waals surface area contributed by atoms with Crippen LogP contribution in [-0.2, 0) is 0 Å². The Bertz CT molecular complexity index is 636. The third-order valence-corrected chi connectivity index (χ3v) is 2.27. The average Bonchev–Trinajstić information content (AvgIpc) is 2.77. The largest absolute Gasteiger partial charge is 0.318 e. The van der Waals surface area contributed by atoms with E-state index in [0.29, 0.717) is 11.8 Å². The van der Waals surface area contributed by atoms with E-state index in [-0.39, 0.29) is 11.4 Å². The minimum absolute atomic E-state index is 0.154. The standard InChI is InChI=1S/C11H6F2N4O/c12-9-3-8(15-16-14)4-10(13)11(9)17-2-1-7(5-17)6-18/h1-6H. The molecule has 0 radical (unpaired) electrons. The summed E-state index contributed by atoms with van der Waals surface area (Å²) in [7, 11) is 0. The van der Waals surface area contributed by atoms with Crippen LogP contribution in [0.3, 0.4) is 0 Å². The molecule has 18 heavy (non-hydrogen) atoms. The molecule has 1 aromatic carbocycles. The molecule has 0 saturated heterocycles. The number of aldehydes is 1. The SMILES string of the molecule is [N-]=[N+]=Nc1cc(F)c(-n2ccc(C=O)c2)c(F)c1. The predicted octanol–water partition coefficient (Wildman–Crippen LogP) is 3.51. The number of hydrogen-bond donors (Lipinski definition) is 0. The molecule has 0 saturated carbocycles. The Kier molecular flexibility index (Phi) is 3.07. The van der Waals surface area contributed by atoms with Crippen LogP contribution in [-0.4, -0.2) is 10.9 Å². The van der Waals surface area contributed by atoms with Gasteiger partial charge in [0.25, 0.3) is 0 Å². The van der Waals surface area contributed by atoms with E-state index in [1.54, 1.807) is 0 Å². The van der Waals surface area contributed by atoms with Crippen LogP contribution in [0.2, 0.25) is 0 Å². The van der Waals surface area contributed by atoms with E-state index in [9.17, 15) is 13.6 Å². The number of aromatic nitrogens is 1. The number of carbonyl (C=O) groups is 1. The first-order chi connectivity index (χ1) is 8.65. The molecule has 7 heteroatoms. The van der Waals surface area contributed by atoms with Crippen LogP contribution >= 0.6 is 0 Å². The number of halogens is 2. The first kappa shape index (κ1) is 11.8. The van der Waals surface area contributed by atoms with Gasteiger partial charge in [0.1, 0.15) is 5.69 Å². The number of nitrogens with zero attached hydrogens (tertiary/aromatic N) is 4. The highest BCUT2D eigenvalue weighted by molar-refractivity contribution is 5.74. The van der Waals surface area contributed by atoms with Crippen LogP contribution in [0.15, 0.2) is 35.7 Å². The second-order valence-corrected chi connectivity index (χ2v) is 3.42. The predicted molar refractivity (Wildman–Crippen MR) is 59.9 cm³/mol. The van der Waals surface area contributed by atoms with E-state index in [4.69, 9.17) is 5.53 Å². The number of rotatable bonds is 3. The molecule has 1 heterocycles. The Balaban J connectivity index is 2.57. The summed E-state index contributed by atoms with van der Waals surface area (Å²) in [6.45, 7) is 0. The monoisotopic (exact) mass is 248 g/mol. The number of benzene rings is 1. The maximum Gasteiger partial charge on any atom is 0.151 e. The van der Waals surface area contributed by atoms with Crippen molar-refractivity contribution < 1.29 is 13.6 Å². The highest BCUT2D eigenvalue weighted by atomic mass is 19.1. The van der Waals surface area contributed by atoms with E-state index in [0.717, 1.165) is 16.7 Å². The summed E-state index contributed by atoms with van der Waals surface area (Å²) in [6.07, 6.45) is 3.22. The Morgan fingerprint density at radius 2 is 2.00 bits per heavy atom. The molecule has 0 unspecified atom stereocenters. The molecule has 0 aliphatic carbocycles. The van der Waals surface area contributed by atoms with Gasteiger partial charge >= 0.3 is 0 Å². The Labute approximate surface area is 99.9 Å². The van der Waals surface area contributed by atoms with Crippen molar-refractivity contribution in [1.29, 1.82) is 0 Å². The molecule has 2 aromatic rings. The van der Waals surface area contributed by atoms with Gasteiger partial charge < -0.3 is 4.57 Å². The lowest BCUT2D eigenvalue weighted by Crippen LogP contribution is -1.98. The van der Waals surface area contributed by atoms with Crippen LogP contribution in [0.4, 0.5) is 14.5 Å². The third kappa shape index (κ3) is 2.07. The fourth-order valence-corrected chi connectivity index (χ4v) is 1.53. The summed E-state index contributed by atoms with van der Waals surface area (Å²) in [4.78, 5) is 13.0. The van der Waals surface area contributed by atoms with E-state index in [1.807, 2.05) is 0 Å². The van der Waals surface area contributed by atoms with E-state index in [2.05, 4.69) is 10.0 Å². The highest BCUT2D eigenvalue weighted by Crippen LogP contribution is 2.24. The van der Waals surface area contributed by atoms with Crippen molar-refractivity contribution in [2.24, 2.45) is 5.11 Å². The molecule has 0 fully saturated rings. The lowest BCUT2D eigenvalue weighted by atomic mass is 10.2. The van der Waals surface area contributed by atoms with Gasteiger partial charge in [-0.05, 0) is 23.7 Å². The number of azide groups is 1. The van der Waals surface area contributed by atoms with E-state index < -0.39 is 11.6 Å². The van der Waals surface area contributed by atoms with Gasteiger partial charge in [0.2, 0.25) is 0 Å². The Morgan fingerprint density at radius 1 is 1.33 bits per heavy atom. The fourth-order valence-electron chi connectivity index (χ4n) is 1.53. The topological polar surface area (TPSA) is 70.8 Å². The summed E-state index contributed by atoms with van der Waals surface area (Å²) >= 11 is 0. The van der Waals surface area contributed by atoms with Gasteiger partial charge in [-0.1, -0.05) is 5.11 Å². The van der Waals surface area contributed by atoms with Crippen molar-refractivity contribution in [3.63, 3.8) is 0 Å². The number of carbonyl (C=O) groups excluding carboxylic acids is 1. The second kappa shape index (κ2) is 4.68. The van der Waals surface area contributed by atoms with Crippen LogP contribution in [0, 0.1) is 11.6 Å². The lowest BCUT2D eigenvalue weighted by Gasteiger charge is -2.06. The lowest BCUT2D eigenvalue weighted by molar-refractivity contribution is 0.112. The maximum atomic E-state index is 13.7. The van der Waals surface area contributed by atoms with Crippen molar-refractivity contribution in [2.75, 3.05) is 0 Å². The number of hydrogen-bond acceptors (Lipinski definition) is 2. The summed E-state index contributed by atoms with van der Waals surface area (Å²) in [5, 5.41) is 3.12. The molecule has 0 amide bonds. The highest BCUT2D eigenvalue weighted by Gasteiger charge is 2.12. The van der Waals surface area contributed by atoms with Crippen LogP contribution in [0.25, 0.3) is 16.1 Å². The summed E-state index contributed by atoms with van der Waals surface area (Å²) in [6, 6.07) is 3.25. The van der Waals surface area contributed by atoms with Gasteiger partial charge in [-0.25, -0.2) is 8.78 Å². The molecule has 0 aliphatic heterocycles. The van der Waals surface area contributed by atoms with Gasteiger partial charge in [0.05, 0.1) is 0 Å². The summed E-state index contributed by atoms with van der Waals surface area (Å²) in [5.41, 5.74) is 8.00. The van der Waals surface area contributed by atoms with Gasteiger partial charge in [-0.15, -0.1) is 0 Å². The molecule has 0 bridgehead atoms. The molecule has 2 rings (SSSR count). The molecule has 1 aromatic heterocycles. The third-order valence-electron chi connectivity index (χ3n) is 2.27. The Hall–Kier alpha value is -2.66. The molecule has 0 spiro atoms. The molecule has 5 nitrogen and oxygen atoms in total. The zero-order valence-electron chi connectivity index (χ0n) is 8.92. The normalized spacial score (nSPS) is 9.89. The first-order valence-electron chi connectivity index (χ1n) is 4.83. The van der Waals surface area contributed by atoms with Gasteiger partial charge in [0, 0.05) is 28.6 Å². The summed E-state index contributed by atoms with van der Waals surface area (Å²) < 4.78 is 28.5. The van der Waals surface area contributed by atoms with Crippen LogP contribution in [0.5, 0.6) is 0 Å². The van der Waals surface area contributed by atoms with Gasteiger partial charge in [0.15, 0.2) is 17.9 Å². The molecular formula is C11H6F2N4O. The molecule has 90 valence electrons. The average molecular weight is 248 g/mol. The van der Waals surface area contributed by atoms with Crippen LogP contribution in [0.1, 0.15) is 10.4 Å². The summed E-state index contributed by atoms with van der Waals surface area (Å²) in [5.74, 6) is -1.77. The smallest absolute Gasteiger partial charge is 0.151 e. The molecule has 0 atom stereocenters. The zero-order chi connectivity index (χ0) is 13.1. The molecule has 0 N–H and O–H groups in total. The minimum atomic E-state index is -0.884. The fraction of sp³-hybridized carbons (Fsp3) is 0. The van der Waals surface area contributed by atoms with Gasteiger partial charge in [-0.3, -0.25) is 4.79 Å².